The number of aliphatic hydroxyl groups excluding tert-OH is 4. The lowest BCUT2D eigenvalue weighted by atomic mass is 10.0. The lowest BCUT2D eigenvalue weighted by Crippen LogP contribution is -2.49. The average Bonchev–Trinajstić information content (AvgIpc) is 2.87. The van der Waals surface area contributed by atoms with Crippen molar-refractivity contribution in [3.8, 4) is 11.5 Å². The van der Waals surface area contributed by atoms with Gasteiger partial charge in [-0.05, 0) is 18.2 Å². The third-order valence-corrected chi connectivity index (χ3v) is 6.04. The predicted molar refractivity (Wildman–Crippen MR) is 127 cm³/mol. The minimum Gasteiger partial charge on any atom is -0.493 e. The lowest BCUT2D eigenvalue weighted by molar-refractivity contribution is -0.127. The fourth-order valence-electron chi connectivity index (χ4n) is 3.31. The average molecular weight is 532 g/mol. The van der Waals surface area contributed by atoms with E-state index in [0.717, 1.165) is 0 Å². The first-order valence-corrected chi connectivity index (χ1v) is 11.0. The van der Waals surface area contributed by atoms with Crippen LogP contribution in [0, 0.1) is 5.82 Å². The van der Waals surface area contributed by atoms with Crippen molar-refractivity contribution in [2.45, 2.75) is 24.4 Å². The van der Waals surface area contributed by atoms with Gasteiger partial charge in [-0.15, -0.1) is 0 Å². The second-order valence-electron chi connectivity index (χ2n) is 7.37. The molecule has 35 heavy (non-hydrogen) atoms. The summed E-state index contributed by atoms with van der Waals surface area (Å²) in [6, 6.07) is 5.83. The zero-order valence-electron chi connectivity index (χ0n) is 18.7. The maximum Gasteiger partial charge on any atom is 0.166 e. The molecule has 4 atom stereocenters. The Morgan fingerprint density at radius 2 is 1.69 bits per heavy atom. The summed E-state index contributed by atoms with van der Waals surface area (Å²) in [5, 5.41) is 42.9. The van der Waals surface area contributed by atoms with Gasteiger partial charge in [0.2, 0.25) is 0 Å². The van der Waals surface area contributed by atoms with E-state index in [1.165, 1.54) is 44.8 Å². The van der Waals surface area contributed by atoms with E-state index in [1.807, 2.05) is 0 Å². The summed E-state index contributed by atoms with van der Waals surface area (Å²) in [6.45, 7) is -1.23. The van der Waals surface area contributed by atoms with E-state index in [-0.39, 0.29) is 33.0 Å². The van der Waals surface area contributed by atoms with Crippen molar-refractivity contribution in [1.82, 2.24) is 9.97 Å². The molecule has 5 N–H and O–H groups in total. The Kier molecular flexibility index (Phi) is 9.25. The molecule has 0 saturated heterocycles. The highest BCUT2D eigenvalue weighted by atomic mass is 35.5. The highest BCUT2D eigenvalue weighted by molar-refractivity contribution is 6.42. The molecule has 0 bridgehead atoms. The van der Waals surface area contributed by atoms with E-state index in [0.29, 0.717) is 10.9 Å². The summed E-state index contributed by atoms with van der Waals surface area (Å²) in [7, 11) is 2.63. The monoisotopic (exact) mass is 531 g/mol. The first-order chi connectivity index (χ1) is 16.7. The van der Waals surface area contributed by atoms with Crippen molar-refractivity contribution in [2.75, 3.05) is 32.8 Å². The molecule has 0 spiro atoms. The SMILES string of the molecule is COc1cc2c(Nc3ccc(Cl)c(Cl)c3F)ncnc2cc1O[C@@H](CO)[C@@H](O)[C@H](O)[C@H](CO)OC. The topological polar surface area (TPSA) is 146 Å². The van der Waals surface area contributed by atoms with E-state index < -0.39 is 43.4 Å². The predicted octanol–water partition coefficient (Wildman–Crippen LogP) is 2.30. The maximum absolute atomic E-state index is 14.5. The van der Waals surface area contributed by atoms with Crippen LogP contribution in [0.5, 0.6) is 11.5 Å². The van der Waals surface area contributed by atoms with Crippen molar-refractivity contribution in [1.29, 1.82) is 0 Å². The van der Waals surface area contributed by atoms with Crippen molar-refractivity contribution < 1.29 is 39.0 Å². The molecular formula is C22H24Cl2FN3O7. The molecule has 13 heteroatoms. The van der Waals surface area contributed by atoms with Gasteiger partial charge in [0.1, 0.15) is 30.5 Å². The van der Waals surface area contributed by atoms with E-state index in [4.69, 9.17) is 37.4 Å². The van der Waals surface area contributed by atoms with Crippen LogP contribution in [0.25, 0.3) is 10.9 Å². The number of rotatable bonds is 11. The van der Waals surface area contributed by atoms with Crippen LogP contribution < -0.4 is 14.8 Å². The molecule has 1 aromatic heterocycles. The molecule has 0 aliphatic carbocycles. The second kappa shape index (κ2) is 12.0. The smallest absolute Gasteiger partial charge is 0.166 e. The number of anilines is 2. The molecule has 3 aromatic rings. The summed E-state index contributed by atoms with van der Waals surface area (Å²) in [6.07, 6.45) is -4.32. The van der Waals surface area contributed by atoms with Gasteiger partial charge >= 0.3 is 0 Å². The molecule has 0 unspecified atom stereocenters. The fraction of sp³-hybridized carbons (Fsp3) is 0.364. The Balaban J connectivity index is 1.95. The van der Waals surface area contributed by atoms with Gasteiger partial charge in [0, 0.05) is 18.6 Å². The number of aromatic nitrogens is 2. The number of benzene rings is 2. The van der Waals surface area contributed by atoms with Gasteiger partial charge in [-0.25, -0.2) is 14.4 Å². The first kappa shape index (κ1) is 27.1. The second-order valence-corrected chi connectivity index (χ2v) is 8.15. The lowest BCUT2D eigenvalue weighted by Gasteiger charge is -2.30. The zero-order chi connectivity index (χ0) is 25.7. The van der Waals surface area contributed by atoms with Crippen LogP contribution in [-0.2, 0) is 4.74 Å². The number of methoxy groups -OCH3 is 2. The Morgan fingerprint density at radius 3 is 2.31 bits per heavy atom. The molecule has 1 heterocycles. The summed E-state index contributed by atoms with van der Waals surface area (Å²) in [5.41, 5.74) is 0.392. The Labute approximate surface area is 209 Å². The largest absolute Gasteiger partial charge is 0.493 e. The zero-order valence-corrected chi connectivity index (χ0v) is 20.2. The number of aliphatic hydroxyl groups is 4. The first-order valence-electron chi connectivity index (χ1n) is 10.3. The van der Waals surface area contributed by atoms with Gasteiger partial charge in [-0.1, -0.05) is 23.2 Å². The number of fused-ring (bicyclic) bond motifs is 1. The highest BCUT2D eigenvalue weighted by Crippen LogP contribution is 2.37. The van der Waals surface area contributed by atoms with Crippen LogP contribution in [0.4, 0.5) is 15.9 Å². The van der Waals surface area contributed by atoms with Crippen LogP contribution in [0.15, 0.2) is 30.6 Å². The molecule has 190 valence electrons. The van der Waals surface area contributed by atoms with Crippen LogP contribution in [0.1, 0.15) is 0 Å². The highest BCUT2D eigenvalue weighted by Gasteiger charge is 2.34. The number of ether oxygens (including phenoxy) is 3. The van der Waals surface area contributed by atoms with Crippen LogP contribution >= 0.6 is 23.2 Å². The van der Waals surface area contributed by atoms with Crippen molar-refractivity contribution >= 4 is 45.6 Å². The quantitative estimate of drug-likeness (QED) is 0.233. The van der Waals surface area contributed by atoms with Gasteiger partial charge in [0.05, 0.1) is 41.6 Å². The molecule has 0 aliphatic rings. The summed E-state index contributed by atoms with van der Waals surface area (Å²) in [4.78, 5) is 8.34. The number of nitrogens with zero attached hydrogens (tertiary/aromatic N) is 2. The Hall–Kier alpha value is -2.51. The van der Waals surface area contributed by atoms with Gasteiger partial charge in [-0.2, -0.15) is 0 Å². The molecule has 2 aromatic carbocycles. The summed E-state index contributed by atoms with van der Waals surface area (Å²) >= 11 is 11.7. The van der Waals surface area contributed by atoms with Crippen LogP contribution in [-0.4, -0.2) is 82.2 Å². The van der Waals surface area contributed by atoms with Crippen LogP contribution in [0.3, 0.4) is 0 Å². The molecular weight excluding hydrogens is 508 g/mol. The number of hydrogen-bond donors (Lipinski definition) is 5. The molecule has 10 nitrogen and oxygen atoms in total. The van der Waals surface area contributed by atoms with E-state index in [1.54, 1.807) is 0 Å². The maximum atomic E-state index is 14.5. The summed E-state index contributed by atoms with van der Waals surface area (Å²) < 4.78 is 30.6. The minimum absolute atomic E-state index is 0.0349. The van der Waals surface area contributed by atoms with E-state index in [9.17, 15) is 24.8 Å². The Bertz CT molecular complexity index is 1170. The molecule has 0 amide bonds. The molecule has 3 rings (SSSR count). The van der Waals surface area contributed by atoms with Crippen molar-refractivity contribution in [3.63, 3.8) is 0 Å². The summed E-state index contributed by atoms with van der Waals surface area (Å²) in [5.74, 6) is -0.255. The van der Waals surface area contributed by atoms with Gasteiger partial charge in [-0.3, -0.25) is 0 Å². The normalized spacial score (nSPS) is 14.9. The minimum atomic E-state index is -1.61. The Morgan fingerprint density at radius 1 is 1.00 bits per heavy atom. The molecule has 0 radical (unpaired) electrons. The number of halogens is 3. The van der Waals surface area contributed by atoms with Crippen LogP contribution in [0.2, 0.25) is 10.0 Å². The van der Waals surface area contributed by atoms with Gasteiger partial charge in [0.15, 0.2) is 23.4 Å². The third-order valence-electron chi connectivity index (χ3n) is 5.26. The fourth-order valence-corrected chi connectivity index (χ4v) is 3.62. The van der Waals surface area contributed by atoms with Crippen molar-refractivity contribution in [2.24, 2.45) is 0 Å². The van der Waals surface area contributed by atoms with Crippen molar-refractivity contribution in [3.05, 3.63) is 46.5 Å². The molecule has 0 saturated carbocycles. The standard InChI is InChI=1S/C22H24Cl2FN3O7/c1-33-14-5-10-13(6-15(14)35-17(8-30)21(32)20(31)16(7-29)34-2)26-9-27-22(10)28-12-4-3-11(23)18(24)19(12)25/h3-6,9,16-17,20-21,29-32H,7-8H2,1-2H3,(H,26,27,28)/t16-,17-,20+,21+/m0/s1. The van der Waals surface area contributed by atoms with Gasteiger partial charge in [0.25, 0.3) is 0 Å². The van der Waals surface area contributed by atoms with E-state index >= 15 is 0 Å². The molecule has 0 fully saturated rings. The molecule has 0 aliphatic heterocycles. The van der Waals surface area contributed by atoms with Gasteiger partial charge < -0.3 is 40.0 Å². The third kappa shape index (κ3) is 5.84. The number of hydrogen-bond acceptors (Lipinski definition) is 10. The number of nitrogens with one attached hydrogen (secondary N) is 1. The van der Waals surface area contributed by atoms with E-state index in [2.05, 4.69) is 15.3 Å².